The maximum Gasteiger partial charge on any atom is 0.130 e. The topological polar surface area (TPSA) is 49.0 Å². The Bertz CT molecular complexity index is 395. The van der Waals surface area contributed by atoms with Crippen LogP contribution < -0.4 is 19.5 Å². The lowest BCUT2D eigenvalue weighted by Gasteiger charge is -2.15. The van der Waals surface area contributed by atoms with Crippen LogP contribution in [0.2, 0.25) is 0 Å². The van der Waals surface area contributed by atoms with Crippen LogP contribution >= 0.6 is 0 Å². The van der Waals surface area contributed by atoms with Crippen LogP contribution in [0.1, 0.15) is 12.0 Å². The molecular weight excluding hydrogens is 258 g/mol. The highest BCUT2D eigenvalue weighted by Crippen LogP contribution is 2.33. The Balaban J connectivity index is 2.65. The molecule has 20 heavy (non-hydrogen) atoms. The molecule has 1 N–H and O–H groups in total. The van der Waals surface area contributed by atoms with Crippen LogP contribution in [0, 0.1) is 0 Å². The molecule has 1 rings (SSSR count). The maximum atomic E-state index is 5.39. The van der Waals surface area contributed by atoms with Gasteiger partial charge in [-0.05, 0) is 13.0 Å². The first-order valence-electron chi connectivity index (χ1n) is 6.49. The molecule has 0 aliphatic rings. The summed E-state index contributed by atoms with van der Waals surface area (Å²) in [4.78, 5) is 0. The van der Waals surface area contributed by atoms with E-state index >= 15 is 0 Å². The zero-order chi connectivity index (χ0) is 14.8. The molecule has 0 saturated carbocycles. The van der Waals surface area contributed by atoms with E-state index in [-0.39, 0.29) is 0 Å². The van der Waals surface area contributed by atoms with Crippen LogP contribution in [-0.2, 0) is 11.3 Å². The summed E-state index contributed by atoms with van der Waals surface area (Å²) in [6.45, 7) is 5.66. The number of rotatable bonds is 10. The van der Waals surface area contributed by atoms with E-state index in [1.54, 1.807) is 21.3 Å². The molecule has 0 fully saturated rings. The van der Waals surface area contributed by atoms with Crippen molar-refractivity contribution in [3.05, 3.63) is 30.5 Å². The Morgan fingerprint density at radius 1 is 1.10 bits per heavy atom. The van der Waals surface area contributed by atoms with Crippen molar-refractivity contribution in [3.8, 4) is 17.2 Å². The summed E-state index contributed by atoms with van der Waals surface area (Å²) in [5.41, 5.74) is 0.973. The standard InChI is InChI=1S/C15H23NO4/c1-5-20-8-6-7-16-11-13-14(18-3)9-12(17-2)10-15(13)19-4/h5,9-10,16H,1,6-8,11H2,2-4H3. The third-order valence-corrected chi connectivity index (χ3v) is 2.85. The number of nitrogens with one attached hydrogen (secondary N) is 1. The van der Waals surface area contributed by atoms with E-state index in [2.05, 4.69) is 11.9 Å². The van der Waals surface area contributed by atoms with Gasteiger partial charge in [0.05, 0.1) is 39.8 Å². The monoisotopic (exact) mass is 281 g/mol. The molecule has 1 aromatic rings. The van der Waals surface area contributed by atoms with Crippen molar-refractivity contribution in [1.29, 1.82) is 0 Å². The SMILES string of the molecule is C=COCCCNCc1c(OC)cc(OC)cc1OC. The van der Waals surface area contributed by atoms with Gasteiger partial charge < -0.3 is 24.3 Å². The van der Waals surface area contributed by atoms with Gasteiger partial charge in [-0.3, -0.25) is 0 Å². The first-order valence-corrected chi connectivity index (χ1v) is 6.49. The molecule has 112 valence electrons. The van der Waals surface area contributed by atoms with E-state index in [9.17, 15) is 0 Å². The molecule has 0 aliphatic heterocycles. The van der Waals surface area contributed by atoms with Gasteiger partial charge in [-0.1, -0.05) is 6.58 Å². The second-order valence-corrected chi connectivity index (χ2v) is 4.08. The Kier molecular flexibility index (Phi) is 7.35. The maximum absolute atomic E-state index is 5.39. The predicted octanol–water partition coefficient (Wildman–Crippen LogP) is 2.35. The van der Waals surface area contributed by atoms with Gasteiger partial charge in [-0.25, -0.2) is 0 Å². The second kappa shape index (κ2) is 9.09. The van der Waals surface area contributed by atoms with E-state index < -0.39 is 0 Å². The molecule has 0 bridgehead atoms. The van der Waals surface area contributed by atoms with Crippen LogP contribution in [-0.4, -0.2) is 34.5 Å². The minimum atomic E-state index is 0.657. The van der Waals surface area contributed by atoms with Crippen molar-refractivity contribution >= 4 is 0 Å². The summed E-state index contributed by atoms with van der Waals surface area (Å²) in [6.07, 6.45) is 2.36. The molecule has 0 radical (unpaired) electrons. The van der Waals surface area contributed by atoms with Gasteiger partial charge in [-0.2, -0.15) is 0 Å². The van der Waals surface area contributed by atoms with Gasteiger partial charge in [0, 0.05) is 18.7 Å². The van der Waals surface area contributed by atoms with Gasteiger partial charge in [0.15, 0.2) is 0 Å². The van der Waals surface area contributed by atoms with Crippen LogP contribution in [0.25, 0.3) is 0 Å². The van der Waals surface area contributed by atoms with Gasteiger partial charge in [0.1, 0.15) is 17.2 Å². The number of hydrogen-bond donors (Lipinski definition) is 1. The first-order chi connectivity index (χ1) is 9.76. The van der Waals surface area contributed by atoms with Crippen LogP contribution in [0.15, 0.2) is 25.0 Å². The van der Waals surface area contributed by atoms with Gasteiger partial charge in [-0.15, -0.1) is 0 Å². The second-order valence-electron chi connectivity index (χ2n) is 4.08. The van der Waals surface area contributed by atoms with E-state index in [1.165, 1.54) is 6.26 Å². The summed E-state index contributed by atoms with van der Waals surface area (Å²) < 4.78 is 21.1. The van der Waals surface area contributed by atoms with Crippen molar-refractivity contribution in [2.24, 2.45) is 0 Å². The normalized spacial score (nSPS) is 9.95. The van der Waals surface area contributed by atoms with Crippen LogP contribution in [0.5, 0.6) is 17.2 Å². The Morgan fingerprint density at radius 3 is 2.25 bits per heavy atom. The Hall–Kier alpha value is -1.88. The molecule has 5 heteroatoms. The summed E-state index contributed by atoms with van der Waals surface area (Å²) in [5, 5.41) is 3.33. The average Bonchev–Trinajstić information content (AvgIpc) is 2.50. The summed E-state index contributed by atoms with van der Waals surface area (Å²) >= 11 is 0. The molecule has 0 saturated heterocycles. The summed E-state index contributed by atoms with van der Waals surface area (Å²) in [5.74, 6) is 2.20. The number of ether oxygens (including phenoxy) is 4. The van der Waals surface area contributed by atoms with Gasteiger partial charge >= 0.3 is 0 Å². The van der Waals surface area contributed by atoms with Gasteiger partial charge in [0.2, 0.25) is 0 Å². The lowest BCUT2D eigenvalue weighted by molar-refractivity contribution is 0.244. The fourth-order valence-electron chi connectivity index (χ4n) is 1.83. The van der Waals surface area contributed by atoms with E-state index in [4.69, 9.17) is 18.9 Å². The van der Waals surface area contributed by atoms with E-state index in [0.717, 1.165) is 30.0 Å². The quantitative estimate of drug-likeness (QED) is 0.527. The zero-order valence-corrected chi connectivity index (χ0v) is 12.4. The molecule has 0 atom stereocenters. The summed E-state index contributed by atoms with van der Waals surface area (Å²) in [7, 11) is 4.89. The van der Waals surface area contributed by atoms with Crippen molar-refractivity contribution in [1.82, 2.24) is 5.32 Å². The number of methoxy groups -OCH3 is 3. The molecule has 0 heterocycles. The Labute approximate surface area is 120 Å². The number of hydrogen-bond acceptors (Lipinski definition) is 5. The number of benzene rings is 1. The average molecular weight is 281 g/mol. The van der Waals surface area contributed by atoms with Crippen molar-refractivity contribution < 1.29 is 18.9 Å². The van der Waals surface area contributed by atoms with E-state index in [0.29, 0.717) is 18.9 Å². The van der Waals surface area contributed by atoms with Crippen LogP contribution in [0.3, 0.4) is 0 Å². The molecule has 0 spiro atoms. The molecule has 0 amide bonds. The third-order valence-electron chi connectivity index (χ3n) is 2.85. The van der Waals surface area contributed by atoms with Gasteiger partial charge in [0.25, 0.3) is 0 Å². The Morgan fingerprint density at radius 2 is 1.75 bits per heavy atom. The smallest absolute Gasteiger partial charge is 0.130 e. The minimum Gasteiger partial charge on any atom is -0.502 e. The molecular formula is C15H23NO4. The third kappa shape index (κ3) is 4.66. The summed E-state index contributed by atoms with van der Waals surface area (Å²) in [6, 6.07) is 3.70. The molecule has 0 aromatic heterocycles. The van der Waals surface area contributed by atoms with E-state index in [1.807, 2.05) is 12.1 Å². The molecule has 0 unspecified atom stereocenters. The zero-order valence-electron chi connectivity index (χ0n) is 12.4. The highest BCUT2D eigenvalue weighted by atomic mass is 16.5. The molecule has 1 aromatic carbocycles. The van der Waals surface area contributed by atoms with Crippen molar-refractivity contribution in [3.63, 3.8) is 0 Å². The fraction of sp³-hybridized carbons (Fsp3) is 0.467. The lowest BCUT2D eigenvalue weighted by atomic mass is 10.1. The lowest BCUT2D eigenvalue weighted by Crippen LogP contribution is -2.17. The van der Waals surface area contributed by atoms with Crippen molar-refractivity contribution in [2.75, 3.05) is 34.5 Å². The first kappa shape index (κ1) is 16.2. The predicted molar refractivity (Wildman–Crippen MR) is 78.6 cm³/mol. The highest BCUT2D eigenvalue weighted by molar-refractivity contribution is 5.50. The highest BCUT2D eigenvalue weighted by Gasteiger charge is 2.12. The molecule has 5 nitrogen and oxygen atoms in total. The van der Waals surface area contributed by atoms with Crippen molar-refractivity contribution in [2.45, 2.75) is 13.0 Å². The largest absolute Gasteiger partial charge is 0.502 e. The van der Waals surface area contributed by atoms with Crippen LogP contribution in [0.4, 0.5) is 0 Å². The molecule has 0 aliphatic carbocycles. The minimum absolute atomic E-state index is 0.657. The fourth-order valence-corrected chi connectivity index (χ4v) is 1.83.